The summed E-state index contributed by atoms with van der Waals surface area (Å²) in [5.41, 5.74) is 2.65. The molecule has 2 aliphatic heterocycles. The van der Waals surface area contributed by atoms with Gasteiger partial charge in [-0.25, -0.2) is 0 Å². The fourth-order valence-corrected chi connectivity index (χ4v) is 5.09. The third-order valence-electron chi connectivity index (χ3n) is 7.32. The Bertz CT molecular complexity index is 1380. The van der Waals surface area contributed by atoms with Gasteiger partial charge in [0.1, 0.15) is 0 Å². The maximum Gasteiger partial charge on any atom is 0.272 e. The second-order valence-corrected chi connectivity index (χ2v) is 9.91. The second kappa shape index (κ2) is 11.5. The zero-order chi connectivity index (χ0) is 26.5. The normalized spacial score (nSPS) is 18.1. The summed E-state index contributed by atoms with van der Waals surface area (Å²) in [4.78, 5) is 41.9. The monoisotopic (exact) mass is 512 g/mol. The highest BCUT2D eigenvalue weighted by Crippen LogP contribution is 2.24. The molecule has 2 aromatic carbocycles. The first-order valence-corrected chi connectivity index (χ1v) is 13.1. The molecule has 2 aliphatic rings. The highest BCUT2D eigenvalue weighted by atomic mass is 16.2. The number of nitrogens with zero attached hydrogens (tertiary/aromatic N) is 3. The number of rotatable bonds is 5. The average molecular weight is 513 g/mol. The van der Waals surface area contributed by atoms with Gasteiger partial charge in [-0.3, -0.25) is 24.4 Å². The first-order valence-electron chi connectivity index (χ1n) is 13.1. The Morgan fingerprint density at radius 2 is 1.84 bits per heavy atom. The largest absolute Gasteiger partial charge is 0.354 e. The Balaban J connectivity index is 1.09. The fraction of sp³-hybridized carbons (Fsp3) is 0.379. The van der Waals surface area contributed by atoms with Crippen LogP contribution in [0.3, 0.4) is 0 Å². The van der Waals surface area contributed by atoms with Crippen LogP contribution in [0.5, 0.6) is 0 Å². The maximum atomic E-state index is 12.9. The van der Waals surface area contributed by atoms with Crippen molar-refractivity contribution >= 4 is 34.3 Å². The zero-order valence-electron chi connectivity index (χ0n) is 21.5. The molecule has 0 unspecified atom stereocenters. The van der Waals surface area contributed by atoms with Crippen molar-refractivity contribution in [1.82, 2.24) is 25.3 Å². The number of hydrogen-bond acceptors (Lipinski definition) is 5. The molecule has 1 atom stereocenters. The lowest BCUT2D eigenvalue weighted by atomic mass is 9.97. The van der Waals surface area contributed by atoms with Crippen molar-refractivity contribution in [3.63, 3.8) is 0 Å². The molecule has 3 heterocycles. The minimum atomic E-state index is -0.292. The second-order valence-electron chi connectivity index (χ2n) is 9.91. The van der Waals surface area contributed by atoms with Crippen LogP contribution in [0.25, 0.3) is 10.9 Å². The molecule has 0 aliphatic carbocycles. The van der Waals surface area contributed by atoms with E-state index in [0.717, 1.165) is 37.0 Å². The highest BCUT2D eigenvalue weighted by molar-refractivity contribution is 6.06. The molecule has 38 heavy (non-hydrogen) atoms. The predicted octanol–water partition coefficient (Wildman–Crippen LogP) is 2.47. The molecule has 2 fully saturated rings. The SMILES string of the molecule is CNC(=O)c1n[nH]c2ccc(NC(=O)[C@@H]3CCN(CC(=O)N4CCC(C#Cc5ccccc5)CC4)C3)cc12. The van der Waals surface area contributed by atoms with Crippen LogP contribution in [0.1, 0.15) is 35.3 Å². The molecule has 9 heteroatoms. The van der Waals surface area contributed by atoms with Crippen molar-refractivity contribution in [1.29, 1.82) is 0 Å². The number of hydrogen-bond donors (Lipinski definition) is 3. The number of benzene rings is 2. The number of anilines is 1. The van der Waals surface area contributed by atoms with E-state index in [-0.39, 0.29) is 29.3 Å². The molecule has 0 saturated carbocycles. The number of carbonyl (C=O) groups is 3. The van der Waals surface area contributed by atoms with E-state index in [0.29, 0.717) is 43.0 Å². The van der Waals surface area contributed by atoms with Gasteiger partial charge in [-0.05, 0) is 56.1 Å². The van der Waals surface area contributed by atoms with Crippen molar-refractivity contribution in [3.8, 4) is 11.8 Å². The fourth-order valence-electron chi connectivity index (χ4n) is 5.09. The van der Waals surface area contributed by atoms with Gasteiger partial charge in [0.05, 0.1) is 18.0 Å². The third kappa shape index (κ3) is 5.87. The van der Waals surface area contributed by atoms with E-state index in [1.54, 1.807) is 25.2 Å². The summed E-state index contributed by atoms with van der Waals surface area (Å²) in [5.74, 6) is 6.47. The van der Waals surface area contributed by atoms with Crippen LogP contribution in [0.4, 0.5) is 5.69 Å². The Hall–Kier alpha value is -4.16. The number of H-pyrrole nitrogens is 1. The molecule has 2 saturated heterocycles. The number of carbonyl (C=O) groups excluding carboxylic acids is 3. The lowest BCUT2D eigenvalue weighted by Crippen LogP contribution is -2.43. The van der Waals surface area contributed by atoms with Crippen molar-refractivity contribution in [2.75, 3.05) is 45.1 Å². The van der Waals surface area contributed by atoms with Crippen molar-refractivity contribution in [2.45, 2.75) is 19.3 Å². The molecule has 3 N–H and O–H groups in total. The summed E-state index contributed by atoms with van der Waals surface area (Å²) >= 11 is 0. The van der Waals surface area contributed by atoms with Crippen LogP contribution in [0.2, 0.25) is 0 Å². The van der Waals surface area contributed by atoms with Crippen LogP contribution < -0.4 is 10.6 Å². The standard InChI is InChI=1S/C29H32N6O3/c1-30-29(38)27-24-17-23(9-10-25(24)32-33-27)31-28(37)22-13-14-34(18-22)19-26(36)35-15-11-21(12-16-35)8-7-20-5-3-2-4-6-20/h2-6,9-10,17,21-22H,11-16,18-19H2,1H3,(H,30,38)(H,31,37)(H,32,33)/t22-/m1/s1. The van der Waals surface area contributed by atoms with Crippen LogP contribution in [-0.4, -0.2) is 77.5 Å². The lowest BCUT2D eigenvalue weighted by molar-refractivity contribution is -0.133. The molecule has 196 valence electrons. The van der Waals surface area contributed by atoms with Crippen LogP contribution in [0, 0.1) is 23.7 Å². The van der Waals surface area contributed by atoms with Crippen molar-refractivity contribution < 1.29 is 14.4 Å². The minimum absolute atomic E-state index is 0.0814. The number of aromatic amines is 1. The number of fused-ring (bicyclic) bond motifs is 1. The number of aromatic nitrogens is 2. The van der Waals surface area contributed by atoms with Gasteiger partial charge < -0.3 is 15.5 Å². The average Bonchev–Trinajstić information content (AvgIpc) is 3.59. The van der Waals surface area contributed by atoms with E-state index >= 15 is 0 Å². The van der Waals surface area contributed by atoms with E-state index in [2.05, 4.69) is 37.6 Å². The molecule has 0 bridgehead atoms. The van der Waals surface area contributed by atoms with Gasteiger partial charge in [0, 0.05) is 49.2 Å². The maximum absolute atomic E-state index is 12.9. The zero-order valence-corrected chi connectivity index (χ0v) is 21.5. The van der Waals surface area contributed by atoms with Gasteiger partial charge in [0.2, 0.25) is 11.8 Å². The molecule has 3 aromatic rings. The molecular weight excluding hydrogens is 480 g/mol. The Morgan fingerprint density at radius 3 is 2.61 bits per heavy atom. The van der Waals surface area contributed by atoms with Gasteiger partial charge >= 0.3 is 0 Å². The molecular formula is C29H32N6O3. The van der Waals surface area contributed by atoms with Crippen molar-refractivity contribution in [2.24, 2.45) is 11.8 Å². The lowest BCUT2D eigenvalue weighted by Gasteiger charge is -2.31. The van der Waals surface area contributed by atoms with Crippen LogP contribution in [0.15, 0.2) is 48.5 Å². The Kier molecular flexibility index (Phi) is 7.70. The molecule has 5 rings (SSSR count). The van der Waals surface area contributed by atoms with Crippen LogP contribution >= 0.6 is 0 Å². The van der Waals surface area contributed by atoms with E-state index in [9.17, 15) is 14.4 Å². The van der Waals surface area contributed by atoms with Gasteiger partial charge in [-0.1, -0.05) is 30.0 Å². The van der Waals surface area contributed by atoms with Crippen LogP contribution in [-0.2, 0) is 9.59 Å². The van der Waals surface area contributed by atoms with Gasteiger partial charge in [-0.2, -0.15) is 5.10 Å². The van der Waals surface area contributed by atoms with Gasteiger partial charge in [0.15, 0.2) is 5.69 Å². The molecule has 0 radical (unpaired) electrons. The summed E-state index contributed by atoms with van der Waals surface area (Å²) in [5, 5.41) is 13.1. The number of amides is 3. The third-order valence-corrected chi connectivity index (χ3v) is 7.32. The van der Waals surface area contributed by atoms with E-state index in [1.807, 2.05) is 35.2 Å². The molecule has 3 amide bonds. The molecule has 1 aromatic heterocycles. The van der Waals surface area contributed by atoms with E-state index < -0.39 is 0 Å². The number of likely N-dealkylation sites (tertiary alicyclic amines) is 2. The summed E-state index contributed by atoms with van der Waals surface area (Å²) in [6.07, 6.45) is 2.48. The van der Waals surface area contributed by atoms with Crippen molar-refractivity contribution in [3.05, 3.63) is 59.8 Å². The summed E-state index contributed by atoms with van der Waals surface area (Å²) < 4.78 is 0. The predicted molar refractivity (Wildman–Crippen MR) is 145 cm³/mol. The summed E-state index contributed by atoms with van der Waals surface area (Å²) in [7, 11) is 1.55. The van der Waals surface area contributed by atoms with Gasteiger partial charge in [0.25, 0.3) is 5.91 Å². The van der Waals surface area contributed by atoms with Gasteiger partial charge in [-0.15, -0.1) is 0 Å². The first-order chi connectivity index (χ1) is 18.5. The molecule has 0 spiro atoms. The quantitative estimate of drug-likeness (QED) is 0.455. The molecule has 9 nitrogen and oxygen atoms in total. The number of nitrogens with one attached hydrogen (secondary N) is 3. The summed E-state index contributed by atoms with van der Waals surface area (Å²) in [6, 6.07) is 15.3. The topological polar surface area (TPSA) is 110 Å². The Labute approximate surface area is 221 Å². The van der Waals surface area contributed by atoms with E-state index in [1.165, 1.54) is 0 Å². The Morgan fingerprint density at radius 1 is 1.05 bits per heavy atom. The highest BCUT2D eigenvalue weighted by Gasteiger charge is 2.31. The minimum Gasteiger partial charge on any atom is -0.354 e. The first kappa shape index (κ1) is 25.5. The summed E-state index contributed by atoms with van der Waals surface area (Å²) in [6.45, 7) is 3.04. The van der Waals surface area contributed by atoms with E-state index in [4.69, 9.17) is 0 Å². The number of piperidine rings is 1. The smallest absolute Gasteiger partial charge is 0.272 e.